The lowest BCUT2D eigenvalue weighted by Crippen LogP contribution is -2.48. The van der Waals surface area contributed by atoms with Crippen LogP contribution in [-0.4, -0.2) is 36.6 Å². The number of rotatable bonds is 4. The second-order valence-electron chi connectivity index (χ2n) is 4.58. The standard InChI is InChI=1S/C14H15N3O4/c1-3-20-14(19)11-4-9(5-15)12(17-8(11)2)21-13(18)10-6-16-7-10/h4,10,16H,3,6-7H2,1-2H3. The number of aromatic nitrogens is 1. The molecular formula is C14H15N3O4. The first-order valence-electron chi connectivity index (χ1n) is 6.58. The predicted octanol–water partition coefficient (Wildman–Crippen LogP) is 0.563. The minimum absolute atomic E-state index is 0.0317. The van der Waals surface area contributed by atoms with Crippen LogP contribution < -0.4 is 10.1 Å². The zero-order valence-electron chi connectivity index (χ0n) is 11.8. The highest BCUT2D eigenvalue weighted by atomic mass is 16.5. The maximum absolute atomic E-state index is 11.8. The smallest absolute Gasteiger partial charge is 0.340 e. The van der Waals surface area contributed by atoms with E-state index in [9.17, 15) is 9.59 Å². The molecule has 0 saturated carbocycles. The average molecular weight is 289 g/mol. The molecular weight excluding hydrogens is 274 g/mol. The largest absolute Gasteiger partial charge is 0.462 e. The van der Waals surface area contributed by atoms with Crippen molar-refractivity contribution < 1.29 is 19.1 Å². The van der Waals surface area contributed by atoms with Gasteiger partial charge < -0.3 is 14.8 Å². The van der Waals surface area contributed by atoms with Gasteiger partial charge in [-0.25, -0.2) is 9.78 Å². The minimum atomic E-state index is -0.555. The van der Waals surface area contributed by atoms with Crippen LogP contribution in [0.3, 0.4) is 0 Å². The van der Waals surface area contributed by atoms with Gasteiger partial charge >= 0.3 is 11.9 Å². The quantitative estimate of drug-likeness (QED) is 0.808. The number of nitrogens with one attached hydrogen (secondary N) is 1. The Hall–Kier alpha value is -2.46. The molecule has 2 rings (SSSR count). The van der Waals surface area contributed by atoms with Crippen LogP contribution in [-0.2, 0) is 9.53 Å². The van der Waals surface area contributed by atoms with E-state index >= 15 is 0 Å². The molecule has 0 aromatic carbocycles. The third kappa shape index (κ3) is 3.17. The van der Waals surface area contributed by atoms with Gasteiger partial charge in [-0.15, -0.1) is 0 Å². The normalized spacial score (nSPS) is 14.0. The highest BCUT2D eigenvalue weighted by Gasteiger charge is 2.28. The number of pyridine rings is 1. The highest BCUT2D eigenvalue weighted by molar-refractivity contribution is 5.91. The van der Waals surface area contributed by atoms with Crippen molar-refractivity contribution in [2.45, 2.75) is 13.8 Å². The number of ether oxygens (including phenoxy) is 2. The molecule has 0 unspecified atom stereocenters. The Morgan fingerprint density at radius 3 is 2.76 bits per heavy atom. The van der Waals surface area contributed by atoms with Crippen molar-refractivity contribution in [2.75, 3.05) is 19.7 Å². The Morgan fingerprint density at radius 2 is 2.24 bits per heavy atom. The third-order valence-corrected chi connectivity index (χ3v) is 3.11. The van der Waals surface area contributed by atoms with E-state index < -0.39 is 11.9 Å². The molecule has 1 fully saturated rings. The van der Waals surface area contributed by atoms with Crippen molar-refractivity contribution in [3.8, 4) is 11.9 Å². The summed E-state index contributed by atoms with van der Waals surface area (Å²) in [6.07, 6.45) is 0. The van der Waals surface area contributed by atoms with E-state index in [1.165, 1.54) is 6.07 Å². The zero-order valence-corrected chi connectivity index (χ0v) is 11.8. The number of carbonyl (C=O) groups excluding carboxylic acids is 2. The molecule has 1 aromatic rings. The van der Waals surface area contributed by atoms with Crippen LogP contribution in [0.1, 0.15) is 28.5 Å². The summed E-state index contributed by atoms with van der Waals surface area (Å²) in [6.45, 7) is 4.62. The number of nitrogens with zero attached hydrogens (tertiary/aromatic N) is 2. The third-order valence-electron chi connectivity index (χ3n) is 3.11. The number of aryl methyl sites for hydroxylation is 1. The minimum Gasteiger partial charge on any atom is -0.462 e. The maximum Gasteiger partial charge on any atom is 0.340 e. The monoisotopic (exact) mass is 289 g/mol. The summed E-state index contributed by atoms with van der Waals surface area (Å²) in [6, 6.07) is 3.21. The van der Waals surface area contributed by atoms with Gasteiger partial charge in [0.05, 0.1) is 23.8 Å². The molecule has 0 bridgehead atoms. The Morgan fingerprint density at radius 1 is 1.52 bits per heavy atom. The van der Waals surface area contributed by atoms with E-state index in [1.54, 1.807) is 13.8 Å². The van der Waals surface area contributed by atoms with Crippen molar-refractivity contribution >= 4 is 11.9 Å². The van der Waals surface area contributed by atoms with Crippen LogP contribution in [0.4, 0.5) is 0 Å². The summed E-state index contributed by atoms with van der Waals surface area (Å²) < 4.78 is 10.0. The fourth-order valence-corrected chi connectivity index (χ4v) is 1.79. The van der Waals surface area contributed by atoms with E-state index in [4.69, 9.17) is 14.7 Å². The van der Waals surface area contributed by atoms with Crippen molar-refractivity contribution in [3.63, 3.8) is 0 Å². The van der Waals surface area contributed by atoms with Gasteiger partial charge in [0.25, 0.3) is 0 Å². The van der Waals surface area contributed by atoms with Crippen molar-refractivity contribution in [3.05, 3.63) is 22.9 Å². The van der Waals surface area contributed by atoms with Gasteiger partial charge in [0.1, 0.15) is 11.6 Å². The molecule has 7 nitrogen and oxygen atoms in total. The van der Waals surface area contributed by atoms with Crippen LogP contribution >= 0.6 is 0 Å². The Labute approximate surface area is 121 Å². The highest BCUT2D eigenvalue weighted by Crippen LogP contribution is 2.21. The molecule has 0 spiro atoms. The Kier molecular flexibility index (Phi) is 4.50. The second-order valence-corrected chi connectivity index (χ2v) is 4.58. The maximum atomic E-state index is 11.8. The number of esters is 2. The first-order valence-corrected chi connectivity index (χ1v) is 6.58. The molecule has 1 aromatic heterocycles. The summed E-state index contributed by atoms with van der Waals surface area (Å²) in [5.41, 5.74) is 0.574. The van der Waals surface area contributed by atoms with Gasteiger partial charge in [-0.05, 0) is 19.9 Å². The van der Waals surface area contributed by atoms with Crippen LogP contribution in [0, 0.1) is 24.2 Å². The SMILES string of the molecule is CCOC(=O)c1cc(C#N)c(OC(=O)C2CNC2)nc1C. The lowest BCUT2D eigenvalue weighted by atomic mass is 10.0. The van der Waals surface area contributed by atoms with Crippen molar-refractivity contribution in [2.24, 2.45) is 5.92 Å². The summed E-state index contributed by atoms with van der Waals surface area (Å²) in [5, 5.41) is 12.1. The zero-order chi connectivity index (χ0) is 15.4. The molecule has 7 heteroatoms. The van der Waals surface area contributed by atoms with E-state index in [1.807, 2.05) is 6.07 Å². The van der Waals surface area contributed by atoms with Crippen LogP contribution in [0.15, 0.2) is 6.07 Å². The van der Waals surface area contributed by atoms with Crippen molar-refractivity contribution in [1.29, 1.82) is 5.26 Å². The van der Waals surface area contributed by atoms with Gasteiger partial charge in [0.2, 0.25) is 5.88 Å². The molecule has 0 aliphatic carbocycles. The number of hydrogen-bond donors (Lipinski definition) is 1. The van der Waals surface area contributed by atoms with Crippen LogP contribution in [0.5, 0.6) is 5.88 Å². The summed E-state index contributed by atoms with van der Waals surface area (Å²) in [7, 11) is 0. The van der Waals surface area contributed by atoms with Gasteiger partial charge in [-0.2, -0.15) is 5.26 Å². The number of carbonyl (C=O) groups is 2. The fourth-order valence-electron chi connectivity index (χ4n) is 1.79. The number of nitriles is 1. The number of hydrogen-bond acceptors (Lipinski definition) is 7. The summed E-state index contributed by atoms with van der Waals surface area (Å²) in [4.78, 5) is 27.6. The van der Waals surface area contributed by atoms with E-state index in [0.717, 1.165) is 0 Å². The molecule has 1 N–H and O–H groups in total. The Bertz CT molecular complexity index is 617. The topological polar surface area (TPSA) is 101 Å². The predicted molar refractivity (Wildman–Crippen MR) is 71.6 cm³/mol. The molecule has 0 amide bonds. The first kappa shape index (κ1) is 14.9. The molecule has 21 heavy (non-hydrogen) atoms. The van der Waals surface area contributed by atoms with Gasteiger partial charge in [-0.3, -0.25) is 4.79 Å². The average Bonchev–Trinajstić information content (AvgIpc) is 2.37. The van der Waals surface area contributed by atoms with E-state index in [2.05, 4.69) is 10.3 Å². The van der Waals surface area contributed by atoms with E-state index in [0.29, 0.717) is 18.8 Å². The molecule has 1 aliphatic heterocycles. The van der Waals surface area contributed by atoms with Crippen molar-refractivity contribution in [1.82, 2.24) is 10.3 Å². The fraction of sp³-hybridized carbons (Fsp3) is 0.429. The van der Waals surface area contributed by atoms with Gasteiger partial charge in [-0.1, -0.05) is 0 Å². The Balaban J connectivity index is 2.26. The van der Waals surface area contributed by atoms with Gasteiger partial charge in [0.15, 0.2) is 0 Å². The lowest BCUT2D eigenvalue weighted by Gasteiger charge is -2.24. The van der Waals surface area contributed by atoms with Crippen LogP contribution in [0.2, 0.25) is 0 Å². The summed E-state index contributed by atoms with van der Waals surface area (Å²) in [5.74, 6) is -1.27. The molecule has 1 aliphatic rings. The molecule has 0 atom stereocenters. The lowest BCUT2D eigenvalue weighted by molar-refractivity contribution is -0.140. The second kappa shape index (κ2) is 6.33. The first-order chi connectivity index (χ1) is 10.1. The molecule has 1 saturated heterocycles. The van der Waals surface area contributed by atoms with E-state index in [-0.39, 0.29) is 29.5 Å². The molecule has 110 valence electrons. The van der Waals surface area contributed by atoms with Crippen LogP contribution in [0.25, 0.3) is 0 Å². The molecule has 2 heterocycles. The summed E-state index contributed by atoms with van der Waals surface area (Å²) >= 11 is 0. The molecule has 0 radical (unpaired) electrons. The van der Waals surface area contributed by atoms with Gasteiger partial charge in [0, 0.05) is 13.1 Å².